The highest BCUT2D eigenvalue weighted by atomic mass is 16.6. The van der Waals surface area contributed by atoms with Crippen molar-refractivity contribution in [3.8, 4) is 23.1 Å². The first-order chi connectivity index (χ1) is 12.7. The molecule has 1 atom stereocenters. The van der Waals surface area contributed by atoms with Crippen molar-refractivity contribution in [2.24, 2.45) is 0 Å². The summed E-state index contributed by atoms with van der Waals surface area (Å²) >= 11 is 0. The summed E-state index contributed by atoms with van der Waals surface area (Å²) in [5.74, 6) is 3.17. The Labute approximate surface area is 151 Å². The molecular weight excluding hydrogens is 334 g/mol. The number of nitrogens with zero attached hydrogens (tertiary/aromatic N) is 3. The molecule has 0 aliphatic carbocycles. The second kappa shape index (κ2) is 7.21. The van der Waals surface area contributed by atoms with Gasteiger partial charge in [-0.25, -0.2) is 0 Å². The number of hydrogen-bond acceptors (Lipinski definition) is 7. The molecule has 0 saturated carbocycles. The summed E-state index contributed by atoms with van der Waals surface area (Å²) in [6.45, 7) is 6.00. The quantitative estimate of drug-likeness (QED) is 0.671. The monoisotopic (exact) mass is 355 g/mol. The molecule has 0 spiro atoms. The predicted octanol–water partition coefficient (Wildman–Crippen LogP) is 3.38. The highest BCUT2D eigenvalue weighted by Crippen LogP contribution is 2.31. The minimum absolute atomic E-state index is 0.0558. The van der Waals surface area contributed by atoms with Crippen LogP contribution in [0.4, 0.5) is 0 Å². The molecule has 1 aliphatic rings. The fourth-order valence-electron chi connectivity index (χ4n) is 2.87. The van der Waals surface area contributed by atoms with E-state index in [0.29, 0.717) is 37.2 Å². The molecule has 7 nitrogen and oxygen atoms in total. The van der Waals surface area contributed by atoms with Crippen LogP contribution in [0.1, 0.15) is 19.7 Å². The number of hydrogen-bond donors (Lipinski definition) is 0. The van der Waals surface area contributed by atoms with Crippen LogP contribution >= 0.6 is 0 Å². The highest BCUT2D eigenvalue weighted by Gasteiger charge is 2.25. The van der Waals surface area contributed by atoms with Gasteiger partial charge >= 0.3 is 0 Å². The molecule has 0 amide bonds. The lowest BCUT2D eigenvalue weighted by Crippen LogP contribution is -2.43. The summed E-state index contributed by atoms with van der Waals surface area (Å²) in [5.41, 5.74) is 0. The average Bonchev–Trinajstić information content (AvgIpc) is 3.32. The maximum absolute atomic E-state index is 6.07. The van der Waals surface area contributed by atoms with Gasteiger partial charge in [-0.3, -0.25) is 4.90 Å². The molecule has 0 N–H and O–H groups in total. The number of aromatic nitrogens is 2. The van der Waals surface area contributed by atoms with Crippen molar-refractivity contribution < 1.29 is 18.4 Å². The van der Waals surface area contributed by atoms with E-state index >= 15 is 0 Å². The van der Waals surface area contributed by atoms with E-state index in [2.05, 4.69) is 28.9 Å². The Bertz CT molecular complexity index is 844. The van der Waals surface area contributed by atoms with Crippen molar-refractivity contribution in [3.63, 3.8) is 0 Å². The zero-order valence-electron chi connectivity index (χ0n) is 14.8. The van der Waals surface area contributed by atoms with Crippen LogP contribution in [0.15, 0.2) is 51.6 Å². The van der Waals surface area contributed by atoms with Crippen LogP contribution in [-0.2, 0) is 6.54 Å². The van der Waals surface area contributed by atoms with E-state index in [9.17, 15) is 0 Å². The molecule has 1 aromatic carbocycles. The molecular formula is C19H21N3O4. The van der Waals surface area contributed by atoms with Crippen molar-refractivity contribution in [1.29, 1.82) is 0 Å². The van der Waals surface area contributed by atoms with Gasteiger partial charge in [-0.05, 0) is 38.1 Å². The van der Waals surface area contributed by atoms with Crippen LogP contribution in [0.3, 0.4) is 0 Å². The van der Waals surface area contributed by atoms with Crippen molar-refractivity contribution in [1.82, 2.24) is 15.0 Å². The Hall–Kier alpha value is -2.80. The van der Waals surface area contributed by atoms with Crippen LogP contribution in [0.2, 0.25) is 0 Å². The zero-order chi connectivity index (χ0) is 17.9. The van der Waals surface area contributed by atoms with Gasteiger partial charge in [0.15, 0.2) is 17.3 Å². The van der Waals surface area contributed by atoms with Gasteiger partial charge in [0.2, 0.25) is 11.7 Å². The molecule has 2 aromatic heterocycles. The van der Waals surface area contributed by atoms with E-state index in [1.807, 2.05) is 24.3 Å². The lowest BCUT2D eigenvalue weighted by atomic mass is 10.2. The van der Waals surface area contributed by atoms with Gasteiger partial charge < -0.3 is 18.4 Å². The van der Waals surface area contributed by atoms with Crippen molar-refractivity contribution >= 4 is 0 Å². The van der Waals surface area contributed by atoms with Gasteiger partial charge in [0.25, 0.3) is 0 Å². The Morgan fingerprint density at radius 2 is 2.00 bits per heavy atom. The summed E-state index contributed by atoms with van der Waals surface area (Å²) in [7, 11) is 0. The SMILES string of the molecule is CC(C)N(Cc1nc(-c2ccco2)no1)C[C@H]1COc2ccccc2O1. The zero-order valence-corrected chi connectivity index (χ0v) is 14.8. The number of benzene rings is 1. The molecule has 0 bridgehead atoms. The first-order valence-electron chi connectivity index (χ1n) is 8.68. The van der Waals surface area contributed by atoms with E-state index in [4.69, 9.17) is 18.4 Å². The van der Waals surface area contributed by atoms with E-state index < -0.39 is 0 Å². The third kappa shape index (κ3) is 3.57. The normalized spacial score (nSPS) is 16.4. The summed E-state index contributed by atoms with van der Waals surface area (Å²) in [6, 6.07) is 11.6. The number of fused-ring (bicyclic) bond motifs is 1. The largest absolute Gasteiger partial charge is 0.486 e. The third-order valence-electron chi connectivity index (χ3n) is 4.28. The number of furan rings is 1. The van der Waals surface area contributed by atoms with E-state index in [-0.39, 0.29) is 12.1 Å². The Morgan fingerprint density at radius 1 is 1.15 bits per heavy atom. The molecule has 3 aromatic rings. The highest BCUT2D eigenvalue weighted by molar-refractivity contribution is 5.44. The summed E-state index contributed by atoms with van der Waals surface area (Å²) in [5, 5.41) is 3.99. The maximum atomic E-state index is 6.07. The standard InChI is InChI=1S/C19H21N3O4/c1-13(2)22(10-14-12-24-15-6-3-4-7-16(15)25-14)11-18-20-19(21-26-18)17-8-5-9-23-17/h3-9,13-14H,10-12H2,1-2H3/t14-/m0/s1. The Morgan fingerprint density at radius 3 is 2.77 bits per heavy atom. The molecule has 3 heterocycles. The number of ether oxygens (including phenoxy) is 2. The van der Waals surface area contributed by atoms with Crippen LogP contribution in [0, 0.1) is 0 Å². The van der Waals surface area contributed by atoms with Crippen LogP contribution < -0.4 is 9.47 Å². The molecule has 0 fully saturated rings. The molecule has 136 valence electrons. The second-order valence-electron chi connectivity index (χ2n) is 6.51. The fourth-order valence-corrected chi connectivity index (χ4v) is 2.87. The average molecular weight is 355 g/mol. The van der Waals surface area contributed by atoms with Gasteiger partial charge in [0, 0.05) is 12.6 Å². The Kier molecular flexibility index (Phi) is 4.62. The predicted molar refractivity (Wildman–Crippen MR) is 93.9 cm³/mol. The fraction of sp³-hybridized carbons (Fsp3) is 0.368. The van der Waals surface area contributed by atoms with Crippen molar-refractivity contribution in [2.75, 3.05) is 13.2 Å². The van der Waals surface area contributed by atoms with Gasteiger partial charge in [-0.15, -0.1) is 0 Å². The molecule has 1 aliphatic heterocycles. The molecule has 0 radical (unpaired) electrons. The number of rotatable bonds is 6. The van der Waals surface area contributed by atoms with E-state index in [1.54, 1.807) is 18.4 Å². The summed E-state index contributed by atoms with van der Waals surface area (Å²) < 4.78 is 22.6. The lowest BCUT2D eigenvalue weighted by Gasteiger charge is -2.32. The first-order valence-corrected chi connectivity index (χ1v) is 8.68. The van der Waals surface area contributed by atoms with E-state index in [1.165, 1.54) is 0 Å². The molecule has 4 rings (SSSR count). The van der Waals surface area contributed by atoms with Gasteiger partial charge in [0.1, 0.15) is 12.7 Å². The van der Waals surface area contributed by atoms with Crippen molar-refractivity contribution in [3.05, 3.63) is 48.6 Å². The smallest absolute Gasteiger partial charge is 0.241 e. The van der Waals surface area contributed by atoms with Crippen LogP contribution in [0.25, 0.3) is 11.6 Å². The minimum atomic E-state index is -0.0558. The Balaban J connectivity index is 1.42. The van der Waals surface area contributed by atoms with Crippen LogP contribution in [-0.4, -0.2) is 40.3 Å². The minimum Gasteiger partial charge on any atom is -0.486 e. The number of para-hydroxylation sites is 2. The van der Waals surface area contributed by atoms with Gasteiger partial charge in [-0.2, -0.15) is 4.98 Å². The lowest BCUT2D eigenvalue weighted by molar-refractivity contribution is 0.0432. The second-order valence-corrected chi connectivity index (χ2v) is 6.51. The van der Waals surface area contributed by atoms with E-state index in [0.717, 1.165) is 11.5 Å². The maximum Gasteiger partial charge on any atom is 0.241 e. The van der Waals surface area contributed by atoms with Gasteiger partial charge in [0.05, 0.1) is 12.8 Å². The molecule has 26 heavy (non-hydrogen) atoms. The molecule has 0 saturated heterocycles. The topological polar surface area (TPSA) is 73.8 Å². The van der Waals surface area contributed by atoms with Gasteiger partial charge in [-0.1, -0.05) is 17.3 Å². The molecule has 7 heteroatoms. The first kappa shape index (κ1) is 16.7. The van der Waals surface area contributed by atoms with Crippen LogP contribution in [0.5, 0.6) is 11.5 Å². The molecule has 0 unspecified atom stereocenters. The third-order valence-corrected chi connectivity index (χ3v) is 4.28. The summed E-state index contributed by atoms with van der Waals surface area (Å²) in [6.07, 6.45) is 1.53. The summed E-state index contributed by atoms with van der Waals surface area (Å²) in [4.78, 5) is 6.64. The van der Waals surface area contributed by atoms with Crippen molar-refractivity contribution in [2.45, 2.75) is 32.5 Å².